The van der Waals surface area contributed by atoms with E-state index in [9.17, 15) is 4.79 Å². The van der Waals surface area contributed by atoms with Gasteiger partial charge >= 0.3 is 0 Å². The quantitative estimate of drug-likeness (QED) is 0.727. The number of anilines is 3. The molecule has 2 rings (SSSR count). The van der Waals surface area contributed by atoms with Gasteiger partial charge in [0.25, 0.3) is 0 Å². The van der Waals surface area contributed by atoms with Crippen molar-refractivity contribution in [2.45, 2.75) is 6.61 Å². The molecule has 0 aromatic heterocycles. The molecule has 0 aliphatic rings. The van der Waals surface area contributed by atoms with Crippen molar-refractivity contribution in [2.24, 2.45) is 5.73 Å². The predicted octanol–water partition coefficient (Wildman–Crippen LogP) is 2.26. The summed E-state index contributed by atoms with van der Waals surface area (Å²) in [5.41, 5.74) is 14.7. The fourth-order valence-corrected chi connectivity index (χ4v) is 1.90. The number of nitrogens with one attached hydrogen (secondary N) is 1. The standard InChI is InChI=1S/C15H17N3O2/c1-20-9-11-4-2-3-5-13(11)18-14-7-6-10(15(17)19)8-12(14)16/h2-8,18H,9,16H2,1H3,(H2,17,19). The minimum atomic E-state index is -0.497. The Morgan fingerprint density at radius 2 is 1.95 bits per heavy atom. The number of nitrogens with two attached hydrogens (primary N) is 2. The summed E-state index contributed by atoms with van der Waals surface area (Å²) < 4.78 is 5.15. The SMILES string of the molecule is COCc1ccccc1Nc1ccc(C(N)=O)cc1N. The number of rotatable bonds is 5. The number of carbonyl (C=O) groups excluding carboxylic acids is 1. The molecule has 0 unspecified atom stereocenters. The number of ether oxygens (including phenoxy) is 1. The molecule has 104 valence electrons. The highest BCUT2D eigenvalue weighted by atomic mass is 16.5. The van der Waals surface area contributed by atoms with Crippen molar-refractivity contribution in [1.29, 1.82) is 0 Å². The zero-order valence-electron chi connectivity index (χ0n) is 11.2. The molecule has 5 nitrogen and oxygen atoms in total. The molecule has 0 heterocycles. The topological polar surface area (TPSA) is 90.4 Å². The van der Waals surface area contributed by atoms with E-state index in [1.54, 1.807) is 25.3 Å². The van der Waals surface area contributed by atoms with E-state index in [4.69, 9.17) is 16.2 Å². The highest BCUT2D eigenvalue weighted by Gasteiger charge is 2.07. The third-order valence-electron chi connectivity index (χ3n) is 2.92. The van der Waals surface area contributed by atoms with Crippen molar-refractivity contribution in [3.63, 3.8) is 0 Å². The first-order valence-electron chi connectivity index (χ1n) is 6.15. The van der Waals surface area contributed by atoms with Gasteiger partial charge in [0.05, 0.1) is 18.0 Å². The summed E-state index contributed by atoms with van der Waals surface area (Å²) in [4.78, 5) is 11.1. The third-order valence-corrected chi connectivity index (χ3v) is 2.92. The monoisotopic (exact) mass is 271 g/mol. The van der Waals surface area contributed by atoms with Crippen LogP contribution < -0.4 is 16.8 Å². The van der Waals surface area contributed by atoms with E-state index in [2.05, 4.69) is 5.32 Å². The van der Waals surface area contributed by atoms with Crippen LogP contribution in [0.4, 0.5) is 17.1 Å². The number of nitrogen functional groups attached to an aromatic ring is 1. The predicted molar refractivity (Wildman–Crippen MR) is 79.8 cm³/mol. The molecule has 1 amide bonds. The maximum atomic E-state index is 11.1. The van der Waals surface area contributed by atoms with Gasteiger partial charge in [-0.3, -0.25) is 4.79 Å². The number of carbonyl (C=O) groups is 1. The first-order valence-corrected chi connectivity index (χ1v) is 6.15. The van der Waals surface area contributed by atoms with Crippen molar-refractivity contribution in [1.82, 2.24) is 0 Å². The molecule has 2 aromatic rings. The van der Waals surface area contributed by atoms with Gasteiger partial charge in [-0.05, 0) is 24.3 Å². The Labute approximate surface area is 117 Å². The molecule has 0 aliphatic heterocycles. The zero-order chi connectivity index (χ0) is 14.5. The summed E-state index contributed by atoms with van der Waals surface area (Å²) in [6, 6.07) is 12.7. The van der Waals surface area contributed by atoms with Gasteiger partial charge < -0.3 is 21.5 Å². The van der Waals surface area contributed by atoms with Crippen LogP contribution in [0.15, 0.2) is 42.5 Å². The maximum Gasteiger partial charge on any atom is 0.248 e. The Morgan fingerprint density at radius 3 is 2.60 bits per heavy atom. The van der Waals surface area contributed by atoms with Crippen LogP contribution in [0.5, 0.6) is 0 Å². The smallest absolute Gasteiger partial charge is 0.248 e. The van der Waals surface area contributed by atoms with E-state index in [1.807, 2.05) is 24.3 Å². The van der Waals surface area contributed by atoms with Gasteiger partial charge in [0, 0.05) is 23.9 Å². The summed E-state index contributed by atoms with van der Waals surface area (Å²) in [6.45, 7) is 0.502. The van der Waals surface area contributed by atoms with E-state index < -0.39 is 5.91 Å². The van der Waals surface area contributed by atoms with Gasteiger partial charge in [0.15, 0.2) is 0 Å². The van der Waals surface area contributed by atoms with E-state index in [0.717, 1.165) is 16.9 Å². The average Bonchev–Trinajstić information content (AvgIpc) is 2.43. The molecule has 0 bridgehead atoms. The number of para-hydroxylation sites is 1. The Hall–Kier alpha value is -2.53. The lowest BCUT2D eigenvalue weighted by atomic mass is 10.1. The van der Waals surface area contributed by atoms with Crippen LogP contribution in [0.2, 0.25) is 0 Å². The molecule has 0 aliphatic carbocycles. The molecule has 2 aromatic carbocycles. The first kappa shape index (κ1) is 13.9. The van der Waals surface area contributed by atoms with Crippen molar-refractivity contribution >= 4 is 23.0 Å². The molecule has 0 saturated heterocycles. The number of primary amides is 1. The van der Waals surface area contributed by atoms with Crippen molar-refractivity contribution in [3.8, 4) is 0 Å². The number of hydrogen-bond donors (Lipinski definition) is 3. The lowest BCUT2D eigenvalue weighted by Gasteiger charge is -2.13. The number of amides is 1. The van der Waals surface area contributed by atoms with Crippen LogP contribution in [0.25, 0.3) is 0 Å². The second kappa shape index (κ2) is 6.08. The minimum Gasteiger partial charge on any atom is -0.397 e. The van der Waals surface area contributed by atoms with Crippen LogP contribution >= 0.6 is 0 Å². The highest BCUT2D eigenvalue weighted by Crippen LogP contribution is 2.26. The van der Waals surface area contributed by atoms with Crippen LogP contribution in [0.3, 0.4) is 0 Å². The van der Waals surface area contributed by atoms with Gasteiger partial charge in [-0.25, -0.2) is 0 Å². The normalized spacial score (nSPS) is 10.2. The zero-order valence-corrected chi connectivity index (χ0v) is 11.2. The number of benzene rings is 2. The van der Waals surface area contributed by atoms with Crippen molar-refractivity contribution in [3.05, 3.63) is 53.6 Å². The fourth-order valence-electron chi connectivity index (χ4n) is 1.90. The minimum absolute atomic E-state index is 0.387. The van der Waals surface area contributed by atoms with Crippen molar-refractivity contribution < 1.29 is 9.53 Å². The molecular weight excluding hydrogens is 254 g/mol. The van der Waals surface area contributed by atoms with Gasteiger partial charge in [-0.2, -0.15) is 0 Å². The molecule has 0 saturated carbocycles. The fraction of sp³-hybridized carbons (Fsp3) is 0.133. The van der Waals surface area contributed by atoms with Crippen LogP contribution in [-0.4, -0.2) is 13.0 Å². The Kier molecular flexibility index (Phi) is 4.22. The van der Waals surface area contributed by atoms with E-state index in [-0.39, 0.29) is 0 Å². The maximum absolute atomic E-state index is 11.1. The lowest BCUT2D eigenvalue weighted by molar-refractivity contribution is 0.100. The lowest BCUT2D eigenvalue weighted by Crippen LogP contribution is -2.11. The largest absolute Gasteiger partial charge is 0.397 e. The van der Waals surface area contributed by atoms with Crippen molar-refractivity contribution in [2.75, 3.05) is 18.2 Å². The second-order valence-corrected chi connectivity index (χ2v) is 4.38. The summed E-state index contributed by atoms with van der Waals surface area (Å²) in [5, 5.41) is 3.23. The molecule has 5 heteroatoms. The van der Waals surface area contributed by atoms with Gasteiger partial charge in [-0.1, -0.05) is 18.2 Å². The van der Waals surface area contributed by atoms with E-state index >= 15 is 0 Å². The van der Waals surface area contributed by atoms with E-state index in [0.29, 0.717) is 17.9 Å². The molecular formula is C15H17N3O2. The van der Waals surface area contributed by atoms with Crippen LogP contribution in [-0.2, 0) is 11.3 Å². The van der Waals surface area contributed by atoms with Gasteiger partial charge in [0.1, 0.15) is 0 Å². The number of methoxy groups -OCH3 is 1. The summed E-state index contributed by atoms with van der Waals surface area (Å²) >= 11 is 0. The molecule has 0 radical (unpaired) electrons. The van der Waals surface area contributed by atoms with Crippen LogP contribution in [0, 0.1) is 0 Å². The Bertz CT molecular complexity index is 626. The molecule has 0 atom stereocenters. The third kappa shape index (κ3) is 3.07. The summed E-state index contributed by atoms with van der Waals surface area (Å²) in [7, 11) is 1.65. The van der Waals surface area contributed by atoms with Gasteiger partial charge in [0.2, 0.25) is 5.91 Å². The summed E-state index contributed by atoms with van der Waals surface area (Å²) in [5.74, 6) is -0.497. The highest BCUT2D eigenvalue weighted by molar-refractivity contribution is 5.95. The molecule has 0 fully saturated rings. The number of hydrogen-bond acceptors (Lipinski definition) is 4. The molecule has 0 spiro atoms. The average molecular weight is 271 g/mol. The van der Waals surface area contributed by atoms with Gasteiger partial charge in [-0.15, -0.1) is 0 Å². The van der Waals surface area contributed by atoms with Crippen LogP contribution in [0.1, 0.15) is 15.9 Å². The second-order valence-electron chi connectivity index (χ2n) is 4.38. The molecule has 20 heavy (non-hydrogen) atoms. The summed E-state index contributed by atoms with van der Waals surface area (Å²) in [6.07, 6.45) is 0. The molecule has 5 N–H and O–H groups in total. The Morgan fingerprint density at radius 1 is 1.20 bits per heavy atom. The van der Waals surface area contributed by atoms with E-state index in [1.165, 1.54) is 0 Å². The first-order chi connectivity index (χ1) is 9.61. The Balaban J connectivity index is 2.28.